The van der Waals surface area contributed by atoms with E-state index in [9.17, 15) is 22.4 Å². The van der Waals surface area contributed by atoms with Crippen LogP contribution in [0, 0.1) is 12.7 Å². The third kappa shape index (κ3) is 8.45. The molecule has 4 rings (SSSR count). The molecule has 0 radical (unpaired) electrons. The van der Waals surface area contributed by atoms with Crippen LogP contribution in [0.1, 0.15) is 30.0 Å². The lowest BCUT2D eigenvalue weighted by molar-refractivity contribution is -0.140. The number of carbonyl (C=O) groups is 2. The molecule has 1 N–H and O–H groups in total. The third-order valence-corrected chi connectivity index (χ3v) is 9.09. The molecule has 230 valence electrons. The van der Waals surface area contributed by atoms with Gasteiger partial charge in [-0.15, -0.1) is 0 Å². The van der Waals surface area contributed by atoms with Gasteiger partial charge in [0.15, 0.2) is 0 Å². The van der Waals surface area contributed by atoms with Gasteiger partial charge in [0.25, 0.3) is 10.0 Å². The zero-order chi connectivity index (χ0) is 31.7. The minimum atomic E-state index is -4.31. The Morgan fingerprint density at radius 1 is 0.886 bits per heavy atom. The number of nitrogens with zero attached hydrogens (tertiary/aromatic N) is 2. The summed E-state index contributed by atoms with van der Waals surface area (Å²) in [6.07, 6.45) is 0.904. The van der Waals surface area contributed by atoms with Gasteiger partial charge >= 0.3 is 0 Å². The number of anilines is 1. The summed E-state index contributed by atoms with van der Waals surface area (Å²) in [6.45, 7) is 3.62. The van der Waals surface area contributed by atoms with E-state index in [4.69, 9.17) is 11.6 Å². The van der Waals surface area contributed by atoms with E-state index < -0.39 is 34.3 Å². The molecule has 0 aliphatic heterocycles. The van der Waals surface area contributed by atoms with Crippen LogP contribution in [0.3, 0.4) is 0 Å². The molecule has 0 aromatic heterocycles. The van der Waals surface area contributed by atoms with E-state index in [0.717, 1.165) is 39.7 Å². The molecule has 2 amide bonds. The molecule has 4 aromatic rings. The van der Waals surface area contributed by atoms with E-state index in [0.29, 0.717) is 23.6 Å². The fraction of sp³-hybridized carbons (Fsp3) is 0.235. The molecule has 0 saturated carbocycles. The summed E-state index contributed by atoms with van der Waals surface area (Å²) in [4.78, 5) is 29.3. The highest BCUT2D eigenvalue weighted by molar-refractivity contribution is 7.92. The van der Waals surface area contributed by atoms with Gasteiger partial charge in [0, 0.05) is 24.5 Å². The normalized spacial score (nSPS) is 11.9. The molecule has 0 unspecified atom stereocenters. The SMILES string of the molecule is CCCNC(=O)[C@@H](Cc1ccccc1)N(Cc1cccc(Cl)c1)C(=O)CN(c1ccc(C)cc1)S(=O)(=O)c1ccc(F)cc1. The lowest BCUT2D eigenvalue weighted by atomic mass is 10.0. The number of sulfonamides is 1. The number of amides is 2. The van der Waals surface area contributed by atoms with Crippen molar-refractivity contribution >= 4 is 39.1 Å². The highest BCUT2D eigenvalue weighted by atomic mass is 35.5. The summed E-state index contributed by atoms with van der Waals surface area (Å²) in [5, 5.41) is 3.37. The molecule has 0 saturated heterocycles. The molecule has 0 fully saturated rings. The predicted octanol–water partition coefficient (Wildman–Crippen LogP) is 6.15. The highest BCUT2D eigenvalue weighted by Gasteiger charge is 2.34. The van der Waals surface area contributed by atoms with Crippen molar-refractivity contribution in [3.05, 3.63) is 131 Å². The summed E-state index contributed by atoms with van der Waals surface area (Å²) in [6, 6.07) is 26.5. The Bertz CT molecular complexity index is 1670. The maximum atomic E-state index is 14.4. The van der Waals surface area contributed by atoms with Crippen LogP contribution in [-0.4, -0.2) is 44.3 Å². The van der Waals surface area contributed by atoms with Crippen molar-refractivity contribution in [1.82, 2.24) is 10.2 Å². The smallest absolute Gasteiger partial charge is 0.264 e. The van der Waals surface area contributed by atoms with Crippen molar-refractivity contribution in [2.45, 2.75) is 44.2 Å². The minimum Gasteiger partial charge on any atom is -0.354 e. The molecule has 4 aromatic carbocycles. The van der Waals surface area contributed by atoms with Crippen LogP contribution >= 0.6 is 11.6 Å². The number of carbonyl (C=O) groups excluding carboxylic acids is 2. The Hall–Kier alpha value is -4.21. The third-order valence-electron chi connectivity index (χ3n) is 7.06. The molecule has 0 spiro atoms. The molecule has 0 aliphatic carbocycles. The molecule has 44 heavy (non-hydrogen) atoms. The maximum absolute atomic E-state index is 14.4. The second-order valence-electron chi connectivity index (χ2n) is 10.4. The average molecular weight is 636 g/mol. The van der Waals surface area contributed by atoms with Gasteiger partial charge in [0.2, 0.25) is 11.8 Å². The largest absolute Gasteiger partial charge is 0.354 e. The van der Waals surface area contributed by atoms with Crippen LogP contribution in [0.2, 0.25) is 5.02 Å². The van der Waals surface area contributed by atoms with Crippen molar-refractivity contribution in [3.63, 3.8) is 0 Å². The molecular formula is C34H35ClFN3O4S. The highest BCUT2D eigenvalue weighted by Crippen LogP contribution is 2.26. The van der Waals surface area contributed by atoms with Gasteiger partial charge in [-0.25, -0.2) is 12.8 Å². The van der Waals surface area contributed by atoms with Crippen LogP contribution < -0.4 is 9.62 Å². The predicted molar refractivity (Wildman–Crippen MR) is 171 cm³/mol. The maximum Gasteiger partial charge on any atom is 0.264 e. The van der Waals surface area contributed by atoms with Gasteiger partial charge in [0.05, 0.1) is 10.6 Å². The molecule has 7 nitrogen and oxygen atoms in total. The van der Waals surface area contributed by atoms with Crippen LogP contribution in [0.25, 0.3) is 0 Å². The second kappa shape index (κ2) is 15.0. The molecule has 1 atom stereocenters. The van der Waals surface area contributed by atoms with E-state index in [2.05, 4.69) is 5.32 Å². The van der Waals surface area contributed by atoms with E-state index >= 15 is 0 Å². The Morgan fingerprint density at radius 3 is 2.18 bits per heavy atom. The quantitative estimate of drug-likeness (QED) is 0.191. The van der Waals surface area contributed by atoms with Crippen LogP contribution in [0.5, 0.6) is 0 Å². The summed E-state index contributed by atoms with van der Waals surface area (Å²) < 4.78 is 42.6. The van der Waals surface area contributed by atoms with Gasteiger partial charge in [-0.2, -0.15) is 0 Å². The molecule has 0 heterocycles. The van der Waals surface area contributed by atoms with Crippen molar-refractivity contribution in [2.24, 2.45) is 0 Å². The average Bonchev–Trinajstić information content (AvgIpc) is 3.01. The molecular weight excluding hydrogens is 601 g/mol. The molecule has 0 aliphatic rings. The second-order valence-corrected chi connectivity index (χ2v) is 12.7. The van der Waals surface area contributed by atoms with Gasteiger partial charge in [-0.05, 0) is 73.0 Å². The number of rotatable bonds is 13. The van der Waals surface area contributed by atoms with Gasteiger partial charge in [-0.1, -0.05) is 78.7 Å². The van der Waals surface area contributed by atoms with E-state index in [-0.39, 0.29) is 29.5 Å². The van der Waals surface area contributed by atoms with E-state index in [1.54, 1.807) is 48.5 Å². The number of hydrogen-bond acceptors (Lipinski definition) is 4. The monoisotopic (exact) mass is 635 g/mol. The van der Waals surface area contributed by atoms with Gasteiger partial charge < -0.3 is 10.2 Å². The van der Waals surface area contributed by atoms with Gasteiger partial charge in [-0.3, -0.25) is 13.9 Å². The fourth-order valence-electron chi connectivity index (χ4n) is 4.73. The number of aryl methyl sites for hydroxylation is 1. The fourth-order valence-corrected chi connectivity index (χ4v) is 6.35. The minimum absolute atomic E-state index is 0.00870. The first kappa shape index (κ1) is 32.7. The van der Waals surface area contributed by atoms with Crippen molar-refractivity contribution in [2.75, 3.05) is 17.4 Å². The lowest BCUT2D eigenvalue weighted by Gasteiger charge is -2.34. The Morgan fingerprint density at radius 2 is 1.55 bits per heavy atom. The summed E-state index contributed by atoms with van der Waals surface area (Å²) >= 11 is 6.27. The number of nitrogens with one attached hydrogen (secondary N) is 1. The summed E-state index contributed by atoms with van der Waals surface area (Å²) in [5.74, 6) is -1.53. The Kier molecular flexibility index (Phi) is 11.1. The topological polar surface area (TPSA) is 86.8 Å². The van der Waals surface area contributed by atoms with E-state index in [1.165, 1.54) is 4.90 Å². The van der Waals surface area contributed by atoms with Crippen molar-refractivity contribution < 1.29 is 22.4 Å². The lowest BCUT2D eigenvalue weighted by Crippen LogP contribution is -2.53. The first-order chi connectivity index (χ1) is 21.1. The standard InChI is InChI=1S/C34H35ClFN3O4S/c1-3-20-37-34(41)32(22-26-8-5-4-6-9-26)38(23-27-10-7-11-28(35)21-27)33(40)24-39(30-16-12-25(2)13-17-30)44(42,43)31-18-14-29(36)15-19-31/h4-19,21,32H,3,20,22-24H2,1-2H3,(H,37,41)/t32-/m1/s1. The summed E-state index contributed by atoms with van der Waals surface area (Å²) in [7, 11) is -4.31. The van der Waals surface area contributed by atoms with Crippen LogP contribution in [-0.2, 0) is 32.6 Å². The number of benzene rings is 4. The van der Waals surface area contributed by atoms with Crippen molar-refractivity contribution in [1.29, 1.82) is 0 Å². The molecule has 10 heteroatoms. The first-order valence-corrected chi connectivity index (χ1v) is 16.1. The molecule has 0 bridgehead atoms. The number of hydrogen-bond donors (Lipinski definition) is 1. The van der Waals surface area contributed by atoms with E-state index in [1.807, 2.05) is 44.2 Å². The van der Waals surface area contributed by atoms with Crippen LogP contribution in [0.15, 0.2) is 108 Å². The Balaban J connectivity index is 1.79. The van der Waals surface area contributed by atoms with Gasteiger partial charge in [0.1, 0.15) is 18.4 Å². The number of halogens is 2. The van der Waals surface area contributed by atoms with Crippen molar-refractivity contribution in [3.8, 4) is 0 Å². The zero-order valence-corrected chi connectivity index (χ0v) is 26.2. The van der Waals surface area contributed by atoms with Crippen LogP contribution in [0.4, 0.5) is 10.1 Å². The Labute approximate surface area is 263 Å². The zero-order valence-electron chi connectivity index (χ0n) is 24.6. The first-order valence-electron chi connectivity index (χ1n) is 14.3. The summed E-state index contributed by atoms with van der Waals surface area (Å²) in [5.41, 5.74) is 2.67.